The monoisotopic (exact) mass is 248 g/mol. The molecule has 0 amide bonds. The number of para-hydroxylation sites is 2. The number of aliphatic hydroxyl groups is 1. The van der Waals surface area contributed by atoms with Crippen LogP contribution < -0.4 is 5.32 Å². The van der Waals surface area contributed by atoms with Crippen molar-refractivity contribution in [3.8, 4) is 0 Å². The quantitative estimate of drug-likeness (QED) is 0.801. The van der Waals surface area contributed by atoms with E-state index in [-0.39, 0.29) is 6.61 Å². The van der Waals surface area contributed by atoms with Crippen molar-refractivity contribution in [1.29, 1.82) is 0 Å². The Morgan fingerprint density at radius 3 is 2.83 bits per heavy atom. The van der Waals surface area contributed by atoms with Crippen LogP contribution in [0.15, 0.2) is 24.3 Å². The smallest absolute Gasteiger partial charge is 0.204 e. The molecule has 0 atom stereocenters. The Balaban J connectivity index is 2.31. The molecule has 0 aliphatic heterocycles. The Morgan fingerprint density at radius 1 is 1.33 bits per heavy atom. The molecule has 2 rings (SSSR count). The normalized spacial score (nSPS) is 11.3. The fourth-order valence-corrected chi connectivity index (χ4v) is 1.90. The molecule has 0 radical (unpaired) electrons. The van der Waals surface area contributed by atoms with Gasteiger partial charge in [-0.05, 0) is 26.2 Å². The van der Waals surface area contributed by atoms with Crippen molar-refractivity contribution in [2.75, 3.05) is 39.1 Å². The first kappa shape index (κ1) is 12.9. The lowest BCUT2D eigenvalue weighted by Crippen LogP contribution is -2.20. The molecular weight excluding hydrogens is 228 g/mol. The number of rotatable bonds is 6. The lowest BCUT2D eigenvalue weighted by molar-refractivity contribution is 0.310. The highest BCUT2D eigenvalue weighted by Crippen LogP contribution is 2.19. The second-order valence-electron chi connectivity index (χ2n) is 4.53. The molecule has 1 aromatic carbocycles. The van der Waals surface area contributed by atoms with Gasteiger partial charge in [0.05, 0.1) is 17.6 Å². The first-order valence-corrected chi connectivity index (χ1v) is 6.17. The van der Waals surface area contributed by atoms with Crippen LogP contribution in [0.4, 0.5) is 5.95 Å². The topological polar surface area (TPSA) is 53.3 Å². The number of anilines is 1. The molecule has 18 heavy (non-hydrogen) atoms. The fourth-order valence-electron chi connectivity index (χ4n) is 1.90. The van der Waals surface area contributed by atoms with Crippen LogP contribution in [0.3, 0.4) is 0 Å². The summed E-state index contributed by atoms with van der Waals surface area (Å²) in [6, 6.07) is 8.08. The summed E-state index contributed by atoms with van der Waals surface area (Å²) < 4.78 is 2.16. The van der Waals surface area contributed by atoms with Gasteiger partial charge in [0, 0.05) is 19.6 Å². The Labute approximate surface area is 107 Å². The van der Waals surface area contributed by atoms with E-state index in [9.17, 15) is 0 Å². The molecule has 0 aliphatic rings. The van der Waals surface area contributed by atoms with E-state index in [0.717, 1.165) is 30.1 Å². The highest BCUT2D eigenvalue weighted by atomic mass is 16.3. The molecule has 1 aromatic heterocycles. The van der Waals surface area contributed by atoms with Crippen LogP contribution in [0, 0.1) is 0 Å². The second-order valence-corrected chi connectivity index (χ2v) is 4.53. The van der Waals surface area contributed by atoms with Crippen molar-refractivity contribution in [2.24, 2.45) is 0 Å². The van der Waals surface area contributed by atoms with Crippen molar-refractivity contribution in [1.82, 2.24) is 14.5 Å². The zero-order valence-corrected chi connectivity index (χ0v) is 10.9. The zero-order valence-electron chi connectivity index (χ0n) is 10.9. The Morgan fingerprint density at radius 2 is 2.11 bits per heavy atom. The van der Waals surface area contributed by atoms with E-state index in [4.69, 9.17) is 5.11 Å². The Hall–Kier alpha value is -1.59. The van der Waals surface area contributed by atoms with Crippen LogP contribution in [0.5, 0.6) is 0 Å². The van der Waals surface area contributed by atoms with E-state index in [1.54, 1.807) is 0 Å². The number of fused-ring (bicyclic) bond motifs is 1. The minimum atomic E-state index is 0.108. The molecule has 1 heterocycles. The minimum Gasteiger partial charge on any atom is -0.395 e. The number of hydrogen-bond acceptors (Lipinski definition) is 4. The van der Waals surface area contributed by atoms with Gasteiger partial charge >= 0.3 is 0 Å². The van der Waals surface area contributed by atoms with Gasteiger partial charge in [0.15, 0.2) is 0 Å². The number of nitrogens with zero attached hydrogens (tertiary/aromatic N) is 3. The van der Waals surface area contributed by atoms with Crippen LogP contribution in [-0.4, -0.2) is 53.3 Å². The third-order valence-electron chi connectivity index (χ3n) is 2.82. The summed E-state index contributed by atoms with van der Waals surface area (Å²) in [5.41, 5.74) is 2.11. The maximum absolute atomic E-state index is 8.90. The highest BCUT2D eigenvalue weighted by Gasteiger charge is 2.09. The van der Waals surface area contributed by atoms with Crippen LogP contribution in [-0.2, 0) is 6.54 Å². The first-order chi connectivity index (χ1) is 8.72. The third kappa shape index (κ3) is 2.80. The number of imidazole rings is 1. The van der Waals surface area contributed by atoms with Crippen molar-refractivity contribution in [3.05, 3.63) is 24.3 Å². The van der Waals surface area contributed by atoms with Gasteiger partial charge in [-0.3, -0.25) is 0 Å². The molecule has 2 aromatic rings. The van der Waals surface area contributed by atoms with Gasteiger partial charge in [-0.15, -0.1) is 0 Å². The van der Waals surface area contributed by atoms with Crippen molar-refractivity contribution >= 4 is 17.0 Å². The number of nitrogens with one attached hydrogen (secondary N) is 1. The van der Waals surface area contributed by atoms with Gasteiger partial charge in [-0.25, -0.2) is 4.98 Å². The number of hydrogen-bond donors (Lipinski definition) is 2. The lowest BCUT2D eigenvalue weighted by atomic mass is 10.3. The van der Waals surface area contributed by atoms with Crippen LogP contribution in [0.2, 0.25) is 0 Å². The largest absolute Gasteiger partial charge is 0.395 e. The molecule has 2 N–H and O–H groups in total. The maximum Gasteiger partial charge on any atom is 0.204 e. The second kappa shape index (κ2) is 5.84. The lowest BCUT2D eigenvalue weighted by Gasteiger charge is -2.13. The van der Waals surface area contributed by atoms with E-state index in [1.165, 1.54) is 0 Å². The predicted octanol–water partition coefficient (Wildman–Crippen LogP) is 1.00. The van der Waals surface area contributed by atoms with E-state index in [2.05, 4.69) is 39.9 Å². The maximum atomic E-state index is 8.90. The fraction of sp³-hybridized carbons (Fsp3) is 0.462. The summed E-state index contributed by atoms with van der Waals surface area (Å²) in [4.78, 5) is 6.69. The summed E-state index contributed by atoms with van der Waals surface area (Å²) >= 11 is 0. The van der Waals surface area contributed by atoms with Gasteiger partial charge in [0.25, 0.3) is 0 Å². The molecule has 0 saturated carbocycles. The Bertz CT molecular complexity index is 507. The predicted molar refractivity (Wildman–Crippen MR) is 73.9 cm³/mol. The van der Waals surface area contributed by atoms with Crippen LogP contribution >= 0.6 is 0 Å². The molecule has 98 valence electrons. The molecule has 5 nitrogen and oxygen atoms in total. The van der Waals surface area contributed by atoms with E-state index in [0.29, 0.717) is 6.54 Å². The summed E-state index contributed by atoms with van der Waals surface area (Å²) in [5, 5.41) is 12.1. The van der Waals surface area contributed by atoms with E-state index in [1.807, 2.05) is 18.2 Å². The minimum absolute atomic E-state index is 0.108. The van der Waals surface area contributed by atoms with Crippen LogP contribution in [0.1, 0.15) is 0 Å². The molecule has 5 heteroatoms. The number of likely N-dealkylation sites (N-methyl/N-ethyl adjacent to an activating group) is 1. The first-order valence-electron chi connectivity index (χ1n) is 6.17. The summed E-state index contributed by atoms with van der Waals surface area (Å²) in [7, 11) is 4.11. The van der Waals surface area contributed by atoms with E-state index < -0.39 is 0 Å². The molecule has 0 fully saturated rings. The van der Waals surface area contributed by atoms with Gasteiger partial charge in [-0.2, -0.15) is 0 Å². The molecule has 0 bridgehead atoms. The highest BCUT2D eigenvalue weighted by molar-refractivity contribution is 5.78. The molecular formula is C13H20N4O. The SMILES string of the molecule is CN(C)CCn1c(NCCO)nc2ccccc21. The average molecular weight is 248 g/mol. The standard InChI is InChI=1S/C13H20N4O/c1-16(2)8-9-17-12-6-4-3-5-11(12)15-13(17)14-7-10-18/h3-6,18H,7-10H2,1-2H3,(H,14,15). The summed E-state index contributed by atoms with van der Waals surface area (Å²) in [5.74, 6) is 0.826. The van der Waals surface area contributed by atoms with Gasteiger partial charge in [-0.1, -0.05) is 12.1 Å². The summed E-state index contributed by atoms with van der Waals surface area (Å²) in [6.45, 7) is 2.46. The van der Waals surface area contributed by atoms with Crippen LogP contribution in [0.25, 0.3) is 11.0 Å². The van der Waals surface area contributed by atoms with Crippen molar-refractivity contribution in [3.63, 3.8) is 0 Å². The average Bonchev–Trinajstić information content (AvgIpc) is 2.71. The third-order valence-corrected chi connectivity index (χ3v) is 2.82. The van der Waals surface area contributed by atoms with Gasteiger partial charge in [0.1, 0.15) is 0 Å². The molecule has 0 saturated heterocycles. The molecule has 0 spiro atoms. The van der Waals surface area contributed by atoms with Crippen molar-refractivity contribution in [2.45, 2.75) is 6.54 Å². The molecule has 0 aliphatic carbocycles. The van der Waals surface area contributed by atoms with Gasteiger partial charge < -0.3 is 19.9 Å². The van der Waals surface area contributed by atoms with Gasteiger partial charge in [0.2, 0.25) is 5.95 Å². The number of aliphatic hydroxyl groups excluding tert-OH is 1. The Kier molecular flexibility index (Phi) is 4.17. The number of aromatic nitrogens is 2. The zero-order chi connectivity index (χ0) is 13.0. The van der Waals surface area contributed by atoms with E-state index >= 15 is 0 Å². The van der Waals surface area contributed by atoms with Crippen molar-refractivity contribution < 1.29 is 5.11 Å². The number of benzene rings is 1. The molecule has 0 unspecified atom stereocenters. The summed E-state index contributed by atoms with van der Waals surface area (Å²) in [6.07, 6.45) is 0.